The maximum Gasteiger partial charge on any atom is 0.272 e. The van der Waals surface area contributed by atoms with Crippen LogP contribution < -0.4 is 5.32 Å². The highest BCUT2D eigenvalue weighted by Crippen LogP contribution is 2.49. The summed E-state index contributed by atoms with van der Waals surface area (Å²) in [5, 5.41) is 25.1. The van der Waals surface area contributed by atoms with Crippen LogP contribution >= 0.6 is 0 Å². The first-order chi connectivity index (χ1) is 16.6. The molecule has 2 saturated carbocycles. The standard InChI is InChI=1S/C24H27N5O5S/c1-28-21-19(20(27-28)22(31)26-13-16-4-2-15(12-25)3-5-16)6-9-29(23(21)32)14-24(7-8-24)35(33,34)18-10-17(30)11-18/h2-5,17-18,30H,6-11,13-14H2,1H3,(H,26,31)/t17-,18-. The van der Waals surface area contributed by atoms with Crippen LogP contribution in [-0.2, 0) is 29.9 Å². The average molecular weight is 498 g/mol. The first kappa shape index (κ1) is 23.5. The van der Waals surface area contributed by atoms with Gasteiger partial charge in [0.2, 0.25) is 0 Å². The first-order valence-corrected chi connectivity index (χ1v) is 13.2. The minimum Gasteiger partial charge on any atom is -0.393 e. The summed E-state index contributed by atoms with van der Waals surface area (Å²) in [7, 11) is -1.83. The molecule has 2 amide bonds. The maximum absolute atomic E-state index is 13.3. The van der Waals surface area contributed by atoms with E-state index in [2.05, 4.69) is 10.4 Å². The summed E-state index contributed by atoms with van der Waals surface area (Å²) in [6.07, 6.45) is 1.43. The summed E-state index contributed by atoms with van der Waals surface area (Å²) in [4.78, 5) is 27.8. The van der Waals surface area contributed by atoms with E-state index in [1.807, 2.05) is 6.07 Å². The van der Waals surface area contributed by atoms with Gasteiger partial charge in [-0.3, -0.25) is 14.3 Å². The number of hydrogen-bond acceptors (Lipinski definition) is 7. The van der Waals surface area contributed by atoms with E-state index in [4.69, 9.17) is 5.26 Å². The number of nitrogens with one attached hydrogen (secondary N) is 1. The van der Waals surface area contributed by atoms with Crippen molar-refractivity contribution in [3.8, 4) is 6.07 Å². The molecule has 35 heavy (non-hydrogen) atoms. The van der Waals surface area contributed by atoms with Crippen LogP contribution in [0.15, 0.2) is 24.3 Å². The Balaban J connectivity index is 1.29. The number of carbonyl (C=O) groups is 2. The molecule has 0 saturated heterocycles. The average Bonchev–Trinajstić information content (AvgIpc) is 3.54. The van der Waals surface area contributed by atoms with Crippen LogP contribution in [0.2, 0.25) is 0 Å². The number of sulfone groups is 1. The third-order valence-corrected chi connectivity index (χ3v) is 10.4. The number of aromatic nitrogens is 2. The Bertz CT molecular complexity index is 1330. The lowest BCUT2D eigenvalue weighted by Gasteiger charge is -2.36. The van der Waals surface area contributed by atoms with E-state index in [0.717, 1.165) is 5.56 Å². The van der Waals surface area contributed by atoms with Gasteiger partial charge in [0.15, 0.2) is 15.5 Å². The van der Waals surface area contributed by atoms with Crippen LogP contribution in [-0.4, -0.2) is 69.2 Å². The van der Waals surface area contributed by atoms with Crippen LogP contribution in [0.25, 0.3) is 0 Å². The number of fused-ring (bicyclic) bond motifs is 1. The van der Waals surface area contributed by atoms with E-state index >= 15 is 0 Å². The highest BCUT2D eigenvalue weighted by Gasteiger charge is 2.60. The highest BCUT2D eigenvalue weighted by atomic mass is 32.2. The summed E-state index contributed by atoms with van der Waals surface area (Å²) in [6, 6.07) is 8.93. The molecule has 2 N–H and O–H groups in total. The predicted octanol–water partition coefficient (Wildman–Crippen LogP) is 0.691. The topological polar surface area (TPSA) is 145 Å². The third kappa shape index (κ3) is 4.00. The number of hydrogen-bond donors (Lipinski definition) is 2. The number of nitriles is 1. The van der Waals surface area contributed by atoms with E-state index in [9.17, 15) is 23.1 Å². The van der Waals surface area contributed by atoms with E-state index < -0.39 is 31.8 Å². The van der Waals surface area contributed by atoms with Crippen molar-refractivity contribution in [3.63, 3.8) is 0 Å². The summed E-state index contributed by atoms with van der Waals surface area (Å²) >= 11 is 0. The van der Waals surface area contributed by atoms with E-state index in [1.54, 1.807) is 36.2 Å². The zero-order valence-electron chi connectivity index (χ0n) is 19.4. The third-order valence-electron chi connectivity index (χ3n) is 7.42. The lowest BCUT2D eigenvalue weighted by molar-refractivity contribution is 0.0721. The van der Waals surface area contributed by atoms with Gasteiger partial charge in [0.1, 0.15) is 5.69 Å². The maximum atomic E-state index is 13.3. The monoisotopic (exact) mass is 497 g/mol. The lowest BCUT2D eigenvalue weighted by Crippen LogP contribution is -2.51. The summed E-state index contributed by atoms with van der Waals surface area (Å²) in [6.45, 7) is 0.704. The molecule has 2 fully saturated rings. The molecule has 1 aromatic carbocycles. The fraction of sp³-hybridized carbons (Fsp3) is 0.500. The number of aryl methyl sites for hydroxylation is 1. The van der Waals surface area contributed by atoms with E-state index in [1.165, 1.54) is 4.68 Å². The lowest BCUT2D eigenvalue weighted by atomic mass is 9.96. The quantitative estimate of drug-likeness (QED) is 0.572. The second kappa shape index (κ2) is 8.46. The number of aliphatic hydroxyl groups is 1. The molecule has 0 unspecified atom stereocenters. The Morgan fingerprint density at radius 2 is 1.97 bits per heavy atom. The number of nitrogens with zero attached hydrogens (tertiary/aromatic N) is 4. The molecule has 3 aliphatic rings. The Hall–Kier alpha value is -3.23. The summed E-state index contributed by atoms with van der Waals surface area (Å²) < 4.78 is 26.7. The minimum absolute atomic E-state index is 0.131. The zero-order chi connectivity index (χ0) is 25.0. The van der Waals surface area contributed by atoms with E-state index in [-0.39, 0.29) is 37.5 Å². The molecule has 10 nitrogen and oxygen atoms in total. The zero-order valence-corrected chi connectivity index (χ0v) is 20.2. The van der Waals surface area contributed by atoms with Gasteiger partial charge in [-0.2, -0.15) is 10.4 Å². The summed E-state index contributed by atoms with van der Waals surface area (Å²) in [5.41, 5.74) is 2.45. The van der Waals surface area contributed by atoms with Crippen molar-refractivity contribution in [1.82, 2.24) is 20.0 Å². The van der Waals surface area contributed by atoms with Crippen molar-refractivity contribution >= 4 is 21.7 Å². The van der Waals surface area contributed by atoms with Crippen LogP contribution in [0.1, 0.15) is 63.4 Å². The van der Waals surface area contributed by atoms with Gasteiger partial charge >= 0.3 is 0 Å². The minimum atomic E-state index is -3.44. The smallest absolute Gasteiger partial charge is 0.272 e. The second-order valence-electron chi connectivity index (χ2n) is 9.74. The van der Waals surface area contributed by atoms with Gasteiger partial charge in [0.05, 0.1) is 27.7 Å². The number of carbonyl (C=O) groups excluding carboxylic acids is 2. The van der Waals surface area contributed by atoms with Crippen molar-refractivity contribution in [3.05, 3.63) is 52.3 Å². The molecule has 2 heterocycles. The molecule has 184 valence electrons. The fourth-order valence-corrected chi connectivity index (χ4v) is 7.70. The van der Waals surface area contributed by atoms with Crippen molar-refractivity contribution < 1.29 is 23.1 Å². The van der Waals surface area contributed by atoms with Gasteiger partial charge in [0, 0.05) is 32.2 Å². The molecule has 0 atom stereocenters. The molecule has 0 radical (unpaired) electrons. The molecule has 0 bridgehead atoms. The van der Waals surface area contributed by atoms with Gasteiger partial charge in [0.25, 0.3) is 11.8 Å². The van der Waals surface area contributed by atoms with Crippen LogP contribution in [0.5, 0.6) is 0 Å². The second-order valence-corrected chi connectivity index (χ2v) is 12.4. The molecule has 1 aromatic heterocycles. The number of benzene rings is 1. The fourth-order valence-electron chi connectivity index (χ4n) is 5.03. The predicted molar refractivity (Wildman–Crippen MR) is 125 cm³/mol. The van der Waals surface area contributed by atoms with Crippen LogP contribution in [0.3, 0.4) is 0 Å². The van der Waals surface area contributed by atoms with Gasteiger partial charge < -0.3 is 15.3 Å². The number of rotatable bonds is 7. The van der Waals surface area contributed by atoms with Crippen LogP contribution in [0.4, 0.5) is 0 Å². The first-order valence-electron chi connectivity index (χ1n) is 11.7. The Morgan fingerprint density at radius 1 is 1.29 bits per heavy atom. The van der Waals surface area contributed by atoms with Crippen molar-refractivity contribution in [2.45, 2.75) is 54.7 Å². The number of aliphatic hydroxyl groups excluding tert-OH is 1. The van der Waals surface area contributed by atoms with Gasteiger partial charge in [-0.1, -0.05) is 12.1 Å². The van der Waals surface area contributed by atoms with Gasteiger partial charge in [-0.25, -0.2) is 8.42 Å². The molecule has 11 heteroatoms. The molecule has 2 aromatic rings. The van der Waals surface area contributed by atoms with Crippen molar-refractivity contribution in [2.24, 2.45) is 7.05 Å². The van der Waals surface area contributed by atoms with E-state index in [0.29, 0.717) is 42.6 Å². The Kier molecular flexibility index (Phi) is 5.68. The van der Waals surface area contributed by atoms with Crippen LogP contribution in [0, 0.1) is 11.3 Å². The molecule has 5 rings (SSSR count). The summed E-state index contributed by atoms with van der Waals surface area (Å²) in [5.74, 6) is -0.709. The highest BCUT2D eigenvalue weighted by molar-refractivity contribution is 7.93. The number of amides is 2. The normalized spacial score (nSPS) is 22.7. The SMILES string of the molecule is Cn1nc(C(=O)NCc2ccc(C#N)cc2)c2c1C(=O)N(CC1(S(=O)(=O)[C@H]3C[C@H](O)C3)CC1)CC2. The Morgan fingerprint density at radius 3 is 2.57 bits per heavy atom. The largest absolute Gasteiger partial charge is 0.393 e. The molecule has 2 aliphatic carbocycles. The molecular weight excluding hydrogens is 470 g/mol. The van der Waals surface area contributed by atoms with Gasteiger partial charge in [-0.05, 0) is 49.8 Å². The van der Waals surface area contributed by atoms with Crippen molar-refractivity contribution in [1.29, 1.82) is 5.26 Å². The molecule has 0 spiro atoms. The van der Waals surface area contributed by atoms with Crippen molar-refractivity contribution in [2.75, 3.05) is 13.1 Å². The Labute approximate surface area is 203 Å². The molecule has 1 aliphatic heterocycles. The molecular formula is C24H27N5O5S. The van der Waals surface area contributed by atoms with Gasteiger partial charge in [-0.15, -0.1) is 0 Å².